The van der Waals surface area contributed by atoms with Gasteiger partial charge in [0.15, 0.2) is 0 Å². The molecule has 1 fully saturated rings. The van der Waals surface area contributed by atoms with Gasteiger partial charge in [-0.05, 0) is 25.0 Å². The Balaban J connectivity index is 2.02. The van der Waals surface area contributed by atoms with Crippen LogP contribution in [-0.2, 0) is 0 Å². The lowest BCUT2D eigenvalue weighted by Gasteiger charge is -2.24. The molecule has 1 aliphatic rings. The fourth-order valence-corrected chi connectivity index (χ4v) is 2.45. The first-order valence-corrected chi connectivity index (χ1v) is 7.35. The van der Waals surface area contributed by atoms with Crippen LogP contribution < -0.4 is 11.1 Å². The van der Waals surface area contributed by atoms with Gasteiger partial charge in [0.1, 0.15) is 17.3 Å². The van der Waals surface area contributed by atoms with Gasteiger partial charge in [-0.15, -0.1) is 0 Å². The van der Waals surface area contributed by atoms with Crippen molar-refractivity contribution in [1.82, 2.24) is 9.97 Å². The third kappa shape index (κ3) is 2.88. The molecule has 0 unspecified atom stereocenters. The summed E-state index contributed by atoms with van der Waals surface area (Å²) in [7, 11) is 0. The highest BCUT2D eigenvalue weighted by Crippen LogP contribution is 2.36. The molecule has 1 saturated carbocycles. The van der Waals surface area contributed by atoms with E-state index >= 15 is 0 Å². The highest BCUT2D eigenvalue weighted by atomic mass is 19.1. The summed E-state index contributed by atoms with van der Waals surface area (Å²) < 4.78 is 14.1. The number of nitrogens with one attached hydrogen (secondary N) is 1. The second-order valence-corrected chi connectivity index (χ2v) is 5.31. The summed E-state index contributed by atoms with van der Waals surface area (Å²) in [5.74, 6) is 0.962. The number of nitrogens with zero attached hydrogens (tertiary/aromatic N) is 2. The Hall–Kier alpha value is -2.01. The molecule has 1 aromatic carbocycles. The van der Waals surface area contributed by atoms with Gasteiger partial charge in [0.25, 0.3) is 0 Å². The largest absolute Gasteiger partial charge is 0.381 e. The van der Waals surface area contributed by atoms with Gasteiger partial charge in [-0.1, -0.05) is 18.6 Å². The van der Waals surface area contributed by atoms with E-state index in [0.717, 1.165) is 24.4 Å². The first kappa shape index (κ1) is 13.9. The zero-order valence-electron chi connectivity index (χ0n) is 11.8. The van der Waals surface area contributed by atoms with Crippen molar-refractivity contribution in [3.05, 3.63) is 42.1 Å². The minimum Gasteiger partial charge on any atom is -0.381 e. The van der Waals surface area contributed by atoms with Crippen molar-refractivity contribution >= 4 is 5.69 Å². The van der Waals surface area contributed by atoms with Gasteiger partial charge < -0.3 is 11.1 Å². The van der Waals surface area contributed by atoms with E-state index in [4.69, 9.17) is 5.73 Å². The summed E-state index contributed by atoms with van der Waals surface area (Å²) in [4.78, 5) is 9.06. The molecule has 0 saturated heterocycles. The van der Waals surface area contributed by atoms with Gasteiger partial charge in [-0.2, -0.15) is 0 Å². The number of hydrogen-bond acceptors (Lipinski definition) is 4. The fourth-order valence-electron chi connectivity index (χ4n) is 2.45. The average Bonchev–Trinajstić information content (AvgIpc) is 2.44. The van der Waals surface area contributed by atoms with E-state index < -0.39 is 0 Å². The molecular weight excluding hydrogens is 267 g/mol. The van der Waals surface area contributed by atoms with Gasteiger partial charge in [0.05, 0.1) is 11.9 Å². The standard InChI is InChI=1S/C16H19FN4/c17-13-7-2-1-6-12(13)15-14(19-9-8-18)10-20-16(21-15)11-4-3-5-11/h1-2,6-7,10-11,19H,3-5,8-9,18H2. The molecule has 2 aromatic rings. The Morgan fingerprint density at radius 1 is 1.29 bits per heavy atom. The average molecular weight is 286 g/mol. The number of halogens is 1. The van der Waals surface area contributed by atoms with Crippen molar-refractivity contribution < 1.29 is 4.39 Å². The summed E-state index contributed by atoms with van der Waals surface area (Å²) >= 11 is 0. The first-order valence-electron chi connectivity index (χ1n) is 7.35. The van der Waals surface area contributed by atoms with E-state index in [1.54, 1.807) is 18.3 Å². The van der Waals surface area contributed by atoms with Crippen molar-refractivity contribution in [3.63, 3.8) is 0 Å². The van der Waals surface area contributed by atoms with Crippen LogP contribution in [0.25, 0.3) is 11.3 Å². The molecule has 5 heteroatoms. The lowest BCUT2D eigenvalue weighted by atomic mass is 9.85. The van der Waals surface area contributed by atoms with Gasteiger partial charge in [0, 0.05) is 24.6 Å². The molecule has 0 bridgehead atoms. The molecule has 110 valence electrons. The minimum atomic E-state index is -0.272. The maximum absolute atomic E-state index is 14.1. The molecule has 3 rings (SSSR count). The predicted molar refractivity (Wildman–Crippen MR) is 81.6 cm³/mol. The molecular formula is C16H19FN4. The highest BCUT2D eigenvalue weighted by Gasteiger charge is 2.24. The molecule has 0 atom stereocenters. The quantitative estimate of drug-likeness (QED) is 0.887. The maximum Gasteiger partial charge on any atom is 0.132 e. The van der Waals surface area contributed by atoms with Gasteiger partial charge in [-0.25, -0.2) is 14.4 Å². The van der Waals surface area contributed by atoms with Crippen LogP contribution in [-0.4, -0.2) is 23.1 Å². The topological polar surface area (TPSA) is 63.8 Å². The van der Waals surface area contributed by atoms with E-state index in [-0.39, 0.29) is 5.82 Å². The molecule has 4 nitrogen and oxygen atoms in total. The molecule has 0 amide bonds. The summed E-state index contributed by atoms with van der Waals surface area (Å²) in [6.07, 6.45) is 5.20. The van der Waals surface area contributed by atoms with E-state index in [0.29, 0.717) is 30.3 Å². The second kappa shape index (κ2) is 6.18. The monoisotopic (exact) mass is 286 g/mol. The molecule has 0 spiro atoms. The molecule has 21 heavy (non-hydrogen) atoms. The lowest BCUT2D eigenvalue weighted by Crippen LogP contribution is -2.17. The summed E-state index contributed by atoms with van der Waals surface area (Å²) in [6, 6.07) is 6.69. The first-order chi connectivity index (χ1) is 10.3. The normalized spacial score (nSPS) is 14.8. The Labute approximate surface area is 123 Å². The summed E-state index contributed by atoms with van der Waals surface area (Å²) in [6.45, 7) is 1.11. The second-order valence-electron chi connectivity index (χ2n) is 5.31. The van der Waals surface area contributed by atoms with Gasteiger partial charge in [-0.3, -0.25) is 0 Å². The van der Waals surface area contributed by atoms with Crippen molar-refractivity contribution in [2.24, 2.45) is 5.73 Å². The molecule has 1 aromatic heterocycles. The Morgan fingerprint density at radius 2 is 2.10 bits per heavy atom. The number of benzene rings is 1. The van der Waals surface area contributed by atoms with Crippen LogP contribution >= 0.6 is 0 Å². The van der Waals surface area contributed by atoms with Crippen LogP contribution in [0.3, 0.4) is 0 Å². The fraction of sp³-hybridized carbons (Fsp3) is 0.375. The third-order valence-corrected chi connectivity index (χ3v) is 3.87. The summed E-state index contributed by atoms with van der Waals surface area (Å²) in [5.41, 5.74) is 7.38. The highest BCUT2D eigenvalue weighted by molar-refractivity contribution is 5.74. The van der Waals surface area contributed by atoms with Crippen LogP contribution in [0.2, 0.25) is 0 Å². The molecule has 1 heterocycles. The van der Waals surface area contributed by atoms with E-state index in [9.17, 15) is 4.39 Å². The van der Waals surface area contributed by atoms with Crippen molar-refractivity contribution in [2.45, 2.75) is 25.2 Å². The Kier molecular flexibility index (Phi) is 4.10. The van der Waals surface area contributed by atoms with Crippen LogP contribution in [0.5, 0.6) is 0 Å². The SMILES string of the molecule is NCCNc1cnc(C2CCC2)nc1-c1ccccc1F. The lowest BCUT2D eigenvalue weighted by molar-refractivity contribution is 0.401. The zero-order chi connectivity index (χ0) is 14.7. The molecule has 0 aliphatic heterocycles. The van der Waals surface area contributed by atoms with E-state index in [1.807, 2.05) is 6.07 Å². The van der Waals surface area contributed by atoms with Crippen LogP contribution in [0.15, 0.2) is 30.5 Å². The number of hydrogen-bond donors (Lipinski definition) is 2. The molecule has 1 aliphatic carbocycles. The number of anilines is 1. The number of rotatable bonds is 5. The van der Waals surface area contributed by atoms with Crippen LogP contribution in [0.4, 0.5) is 10.1 Å². The minimum absolute atomic E-state index is 0.272. The predicted octanol–water partition coefficient (Wildman–Crippen LogP) is 2.92. The Bertz CT molecular complexity index is 625. The van der Waals surface area contributed by atoms with Gasteiger partial charge in [0.2, 0.25) is 0 Å². The Morgan fingerprint density at radius 3 is 2.76 bits per heavy atom. The molecule has 3 N–H and O–H groups in total. The summed E-state index contributed by atoms with van der Waals surface area (Å²) in [5, 5.41) is 3.17. The smallest absolute Gasteiger partial charge is 0.132 e. The number of nitrogens with two attached hydrogens (primary N) is 1. The van der Waals surface area contributed by atoms with Crippen molar-refractivity contribution in [1.29, 1.82) is 0 Å². The van der Waals surface area contributed by atoms with Crippen LogP contribution in [0.1, 0.15) is 31.0 Å². The van der Waals surface area contributed by atoms with E-state index in [1.165, 1.54) is 12.5 Å². The molecule has 0 radical (unpaired) electrons. The van der Waals surface area contributed by atoms with Crippen LogP contribution in [0, 0.1) is 5.82 Å². The van der Waals surface area contributed by atoms with Gasteiger partial charge >= 0.3 is 0 Å². The van der Waals surface area contributed by atoms with E-state index in [2.05, 4.69) is 15.3 Å². The third-order valence-electron chi connectivity index (χ3n) is 3.87. The maximum atomic E-state index is 14.1. The van der Waals surface area contributed by atoms with Crippen molar-refractivity contribution in [3.8, 4) is 11.3 Å². The van der Waals surface area contributed by atoms with Crippen molar-refractivity contribution in [2.75, 3.05) is 18.4 Å². The number of aromatic nitrogens is 2. The zero-order valence-corrected chi connectivity index (χ0v) is 11.8.